The van der Waals surface area contributed by atoms with Crippen LogP contribution >= 0.6 is 0 Å². The third kappa shape index (κ3) is 27.2. The summed E-state index contributed by atoms with van der Waals surface area (Å²) >= 11 is 0.0217. The summed E-state index contributed by atoms with van der Waals surface area (Å²) < 4.78 is 2.38. The van der Waals surface area contributed by atoms with Gasteiger partial charge in [0.05, 0.1) is 20.3 Å². The van der Waals surface area contributed by atoms with Crippen LogP contribution in [0.3, 0.4) is 0 Å². The summed E-state index contributed by atoms with van der Waals surface area (Å²) in [6.45, 7) is 4.10. The SMILES string of the molecule is Cc1[nH]nc(-c2ccccn2)c1[Se]c1c(-c2ccccn2)n[nH]c1C.O.O.O.O.O=[N+]([O-])[O-].O=[N+]([O-])[O-].O=[N+]([O-])[O-].O=[N+]([O-])[O-].[Cu+2].[Cu+].[OH3+]. The predicted molar refractivity (Wildman–Crippen MR) is 159 cm³/mol. The molecule has 48 heavy (non-hydrogen) atoms. The zero-order valence-corrected chi connectivity index (χ0v) is 27.3. The second kappa shape index (κ2) is 33.2. The number of nitrogens with zero attached hydrogens (tertiary/aromatic N) is 8. The van der Waals surface area contributed by atoms with Crippen LogP contribution in [0.4, 0.5) is 0 Å². The molecule has 13 N–H and O–H groups in total. The number of aromatic nitrogens is 6. The van der Waals surface area contributed by atoms with Crippen molar-refractivity contribution < 1.29 is 81.9 Å². The maximum Gasteiger partial charge on any atom is 2.00 e. The summed E-state index contributed by atoms with van der Waals surface area (Å²) in [7, 11) is 0. The first-order valence-electron chi connectivity index (χ1n) is 10.0. The Kier molecular flexibility index (Phi) is 42.8. The number of aryl methyl sites for hydroxylation is 2. The molecule has 279 valence electrons. The molecule has 27 nitrogen and oxygen atoms in total. The van der Waals surface area contributed by atoms with Gasteiger partial charge in [-0.3, -0.25) is 0 Å². The summed E-state index contributed by atoms with van der Waals surface area (Å²) in [6, 6.07) is 11.7. The van der Waals surface area contributed by atoms with Gasteiger partial charge in [-0.15, -0.1) is 0 Å². The minimum atomic E-state index is -1.75. The fraction of sp³-hybridized carbons (Fsp3) is 0.111. The molecule has 0 aliphatic rings. The van der Waals surface area contributed by atoms with Crippen molar-refractivity contribution in [2.24, 2.45) is 0 Å². The zero-order chi connectivity index (χ0) is 31.5. The van der Waals surface area contributed by atoms with Crippen LogP contribution in [-0.2, 0) is 39.6 Å². The first-order valence-corrected chi connectivity index (χ1v) is 11.7. The third-order valence-electron chi connectivity index (χ3n) is 3.80. The average molecular weight is 862 g/mol. The maximum absolute atomic E-state index is 8.25. The number of nitrogens with one attached hydrogen (secondary N) is 2. The van der Waals surface area contributed by atoms with Gasteiger partial charge in [-0.2, -0.15) is 0 Å². The molecule has 1 radical (unpaired) electrons. The number of hydrogen-bond donors (Lipinski definition) is 2. The Morgan fingerprint density at radius 3 is 1.04 bits per heavy atom. The van der Waals surface area contributed by atoms with E-state index in [0.29, 0.717) is 0 Å². The van der Waals surface area contributed by atoms with E-state index in [1.54, 1.807) is 12.4 Å². The van der Waals surface area contributed by atoms with E-state index in [1.165, 1.54) is 8.92 Å². The molecule has 0 aliphatic carbocycles. The molecular weight excluding hydrogens is 834 g/mol. The molecule has 0 unspecified atom stereocenters. The van der Waals surface area contributed by atoms with Crippen molar-refractivity contribution >= 4 is 23.9 Å². The van der Waals surface area contributed by atoms with Crippen LogP contribution in [0.1, 0.15) is 11.4 Å². The standard InChI is InChI=1S/C18H16N6Se.2Cu.4NO3.5H2O/c1-11-17(15(23-21-11)13-7-3-5-9-19-13)25-18-12(2)22-24-16(18)14-8-4-6-10-20-14;;;4*2-1(3)4;;;;;/h3-10H,1-2H3,(H,21,23)(H,22,24);;;;;;;5*1H2/q;+1;+2;4*-1;;;;;/p+1. The molecule has 0 spiro atoms. The van der Waals surface area contributed by atoms with Gasteiger partial charge < -0.3 is 88.7 Å². The van der Waals surface area contributed by atoms with Crippen molar-refractivity contribution in [1.82, 2.24) is 30.4 Å². The normalized spacial score (nSPS) is 7.71. The Hall–Kier alpha value is -5.12. The van der Waals surface area contributed by atoms with Crippen LogP contribution < -0.4 is 8.92 Å². The first kappa shape index (κ1) is 61.8. The molecule has 0 amide bonds. The van der Waals surface area contributed by atoms with Gasteiger partial charge in [-0.25, -0.2) is 0 Å². The van der Waals surface area contributed by atoms with Crippen molar-refractivity contribution in [3.63, 3.8) is 0 Å². The van der Waals surface area contributed by atoms with Crippen LogP contribution in [0, 0.1) is 75.1 Å². The van der Waals surface area contributed by atoms with Crippen molar-refractivity contribution in [2.45, 2.75) is 13.8 Å². The monoisotopic (exact) mass is 861 g/mol. The summed E-state index contributed by atoms with van der Waals surface area (Å²) in [6.07, 6.45) is 3.58. The van der Waals surface area contributed by atoms with Gasteiger partial charge in [-0.1, -0.05) is 0 Å². The Balaban J connectivity index is -0.0000000993. The van der Waals surface area contributed by atoms with Crippen molar-refractivity contribution in [3.8, 4) is 22.8 Å². The number of aromatic amines is 2. The van der Waals surface area contributed by atoms with Gasteiger partial charge in [0.25, 0.3) is 0 Å². The number of hydrogen-bond acceptors (Lipinski definition) is 16. The molecule has 0 saturated carbocycles. The van der Waals surface area contributed by atoms with Gasteiger partial charge in [0.15, 0.2) is 0 Å². The molecule has 0 aromatic carbocycles. The summed E-state index contributed by atoms with van der Waals surface area (Å²) in [5, 5.41) is 74.2. The Morgan fingerprint density at radius 1 is 0.583 bits per heavy atom. The second-order valence-corrected chi connectivity index (χ2v) is 8.62. The molecule has 0 atom stereocenters. The van der Waals surface area contributed by atoms with E-state index in [0.717, 1.165) is 34.2 Å². The summed E-state index contributed by atoms with van der Waals surface area (Å²) in [5.41, 5.74) is 5.70. The molecule has 4 aromatic rings. The third-order valence-corrected chi connectivity index (χ3v) is 6.75. The van der Waals surface area contributed by atoms with E-state index in [1.807, 2.05) is 50.2 Å². The minimum absolute atomic E-state index is 0. The molecule has 0 fully saturated rings. The van der Waals surface area contributed by atoms with E-state index in [-0.39, 0.29) is 76.5 Å². The molecular formula is C18H27Cu2N10O17Se. The van der Waals surface area contributed by atoms with Gasteiger partial charge in [0.2, 0.25) is 0 Å². The smallest absolute Gasteiger partial charge is 0.457 e. The molecule has 0 aliphatic heterocycles. The zero-order valence-electron chi connectivity index (χ0n) is 23.7. The second-order valence-electron chi connectivity index (χ2n) is 6.48. The van der Waals surface area contributed by atoms with E-state index in [9.17, 15) is 0 Å². The van der Waals surface area contributed by atoms with E-state index in [4.69, 9.17) is 61.3 Å². The fourth-order valence-corrected chi connectivity index (χ4v) is 4.84. The molecule has 4 rings (SSSR count). The van der Waals surface area contributed by atoms with Crippen LogP contribution in [0.15, 0.2) is 48.8 Å². The number of pyridine rings is 2. The van der Waals surface area contributed by atoms with Crippen LogP contribution in [0.25, 0.3) is 22.8 Å². The molecule has 0 saturated heterocycles. The van der Waals surface area contributed by atoms with E-state index < -0.39 is 20.3 Å². The molecule has 4 heterocycles. The van der Waals surface area contributed by atoms with Gasteiger partial charge in [0.1, 0.15) is 0 Å². The molecule has 30 heteroatoms. The average Bonchev–Trinajstić information content (AvgIpc) is 3.41. The quantitative estimate of drug-likeness (QED) is 0.0864. The van der Waals surface area contributed by atoms with E-state index in [2.05, 4.69) is 30.4 Å². The number of H-pyrrole nitrogens is 2. The van der Waals surface area contributed by atoms with Gasteiger partial charge in [-0.05, 0) is 0 Å². The predicted octanol–water partition coefficient (Wildman–Crippen LogP) is -3.65. The van der Waals surface area contributed by atoms with E-state index >= 15 is 0 Å². The largest absolute Gasteiger partial charge is 2.00 e. The van der Waals surface area contributed by atoms with Crippen molar-refractivity contribution in [1.29, 1.82) is 0 Å². The van der Waals surface area contributed by atoms with Gasteiger partial charge >= 0.3 is 185 Å². The van der Waals surface area contributed by atoms with Gasteiger partial charge in [0, 0.05) is 0 Å². The maximum atomic E-state index is 8.25. The fourth-order valence-electron chi connectivity index (χ4n) is 2.54. The molecule has 4 aromatic heterocycles. The first-order chi connectivity index (χ1) is 19.2. The number of rotatable bonds is 4. The summed E-state index contributed by atoms with van der Waals surface area (Å²) in [5.74, 6) is 0. The molecule has 0 bridgehead atoms. The Labute approximate surface area is 293 Å². The van der Waals surface area contributed by atoms with Crippen LogP contribution in [-0.4, -0.2) is 87.6 Å². The topological polar surface area (TPSA) is 507 Å². The Morgan fingerprint density at radius 2 is 0.833 bits per heavy atom. The summed E-state index contributed by atoms with van der Waals surface area (Å²) in [4.78, 5) is 41.9. The van der Waals surface area contributed by atoms with Crippen molar-refractivity contribution in [2.75, 3.05) is 0 Å². The van der Waals surface area contributed by atoms with Crippen LogP contribution in [0.5, 0.6) is 0 Å². The minimum Gasteiger partial charge on any atom is -0.457 e. The van der Waals surface area contributed by atoms with Crippen molar-refractivity contribution in [3.05, 3.63) is 121 Å². The van der Waals surface area contributed by atoms with Crippen LogP contribution in [0.2, 0.25) is 0 Å². The Bertz CT molecular complexity index is 1280.